The number of nitrogens with zero attached hydrogens (tertiary/aromatic N) is 1. The minimum atomic E-state index is -0.429. The molecule has 0 radical (unpaired) electrons. The average Bonchev–Trinajstić information content (AvgIpc) is 2.46. The van der Waals surface area contributed by atoms with Gasteiger partial charge in [-0.25, -0.2) is 0 Å². The molecule has 1 aromatic rings. The van der Waals surface area contributed by atoms with Crippen LogP contribution >= 0.6 is 0 Å². The highest BCUT2D eigenvalue weighted by molar-refractivity contribution is 5.46. The first-order chi connectivity index (χ1) is 9.17. The largest absolute Gasteiger partial charge is 0.390 e. The van der Waals surface area contributed by atoms with Gasteiger partial charge in [0.15, 0.2) is 0 Å². The van der Waals surface area contributed by atoms with Crippen LogP contribution in [0.25, 0.3) is 0 Å². The fourth-order valence-electron chi connectivity index (χ4n) is 3.14. The summed E-state index contributed by atoms with van der Waals surface area (Å²) in [4.78, 5) is 2.39. The number of anilines is 1. The topological polar surface area (TPSA) is 23.5 Å². The average molecular weight is 261 g/mol. The molecule has 1 aliphatic heterocycles. The smallest absolute Gasteiger partial charge is 0.0684 e. The van der Waals surface area contributed by atoms with Crippen molar-refractivity contribution >= 4 is 5.69 Å². The van der Waals surface area contributed by atoms with E-state index in [1.54, 1.807) is 0 Å². The first-order valence-electron chi connectivity index (χ1n) is 7.69. The van der Waals surface area contributed by atoms with Crippen molar-refractivity contribution in [3.05, 3.63) is 30.3 Å². The second-order valence-electron chi connectivity index (χ2n) is 5.93. The van der Waals surface area contributed by atoms with Crippen molar-refractivity contribution in [1.82, 2.24) is 0 Å². The van der Waals surface area contributed by atoms with Crippen molar-refractivity contribution in [3.63, 3.8) is 0 Å². The van der Waals surface area contributed by atoms with Gasteiger partial charge in [0.25, 0.3) is 0 Å². The van der Waals surface area contributed by atoms with Crippen molar-refractivity contribution in [2.75, 3.05) is 18.0 Å². The van der Waals surface area contributed by atoms with Crippen molar-refractivity contribution < 1.29 is 5.11 Å². The normalized spacial score (nSPS) is 18.8. The van der Waals surface area contributed by atoms with E-state index < -0.39 is 5.60 Å². The lowest BCUT2D eigenvalue weighted by Crippen LogP contribution is -2.45. The van der Waals surface area contributed by atoms with Gasteiger partial charge in [0.05, 0.1) is 5.60 Å². The van der Waals surface area contributed by atoms with Crippen LogP contribution in [0.2, 0.25) is 0 Å². The van der Waals surface area contributed by atoms with Gasteiger partial charge < -0.3 is 10.0 Å². The molecule has 1 saturated heterocycles. The maximum absolute atomic E-state index is 10.7. The molecule has 1 N–H and O–H groups in total. The van der Waals surface area contributed by atoms with Crippen LogP contribution in [0.4, 0.5) is 5.69 Å². The molecular formula is C17H27NO. The third kappa shape index (κ3) is 3.73. The van der Waals surface area contributed by atoms with Crippen LogP contribution in [0.15, 0.2) is 30.3 Å². The molecule has 0 atom stereocenters. The zero-order chi connectivity index (χ0) is 13.7. The summed E-state index contributed by atoms with van der Waals surface area (Å²) in [5.74, 6) is 0.674. The minimum absolute atomic E-state index is 0.429. The molecule has 19 heavy (non-hydrogen) atoms. The molecule has 0 aromatic heterocycles. The van der Waals surface area contributed by atoms with Gasteiger partial charge in [-0.05, 0) is 37.3 Å². The predicted octanol–water partition coefficient (Wildman–Crippen LogP) is 3.84. The number of hydrogen-bond acceptors (Lipinski definition) is 2. The molecule has 0 amide bonds. The summed E-state index contributed by atoms with van der Waals surface area (Å²) in [5.41, 5.74) is 0.856. The Balaban J connectivity index is 1.91. The van der Waals surface area contributed by atoms with Gasteiger partial charge in [-0.1, -0.05) is 44.9 Å². The minimum Gasteiger partial charge on any atom is -0.390 e. The van der Waals surface area contributed by atoms with Crippen LogP contribution in [-0.2, 0) is 0 Å². The monoisotopic (exact) mass is 261 g/mol. The highest BCUT2D eigenvalue weighted by atomic mass is 16.3. The Hall–Kier alpha value is -1.02. The first-order valence-corrected chi connectivity index (χ1v) is 7.69. The van der Waals surface area contributed by atoms with Gasteiger partial charge in [0.1, 0.15) is 0 Å². The number of hydrogen-bond donors (Lipinski definition) is 1. The van der Waals surface area contributed by atoms with Crippen LogP contribution in [0.5, 0.6) is 0 Å². The van der Waals surface area contributed by atoms with Gasteiger partial charge in [-0.2, -0.15) is 0 Å². The van der Waals surface area contributed by atoms with E-state index in [-0.39, 0.29) is 0 Å². The fraction of sp³-hybridized carbons (Fsp3) is 0.647. The lowest BCUT2D eigenvalue weighted by Gasteiger charge is -2.41. The summed E-state index contributed by atoms with van der Waals surface area (Å²) in [6, 6.07) is 10.5. The predicted molar refractivity (Wildman–Crippen MR) is 81.5 cm³/mol. The molecule has 0 spiro atoms. The standard InChI is InChI=1S/C17H27NO/c1-3-15(4-2)14-17(19)10-12-18(13-11-17)16-8-6-5-7-9-16/h5-9,15,19H,3-4,10-14H2,1-2H3. The molecule has 2 rings (SSSR count). The van der Waals surface area contributed by atoms with Crippen LogP contribution < -0.4 is 4.90 Å². The SMILES string of the molecule is CCC(CC)CC1(O)CCN(c2ccccc2)CC1. The molecule has 2 nitrogen and oxygen atoms in total. The molecule has 0 bridgehead atoms. The highest BCUT2D eigenvalue weighted by Crippen LogP contribution is 2.32. The lowest BCUT2D eigenvalue weighted by molar-refractivity contribution is -0.00763. The summed E-state index contributed by atoms with van der Waals surface area (Å²) in [7, 11) is 0. The third-order valence-corrected chi connectivity index (χ3v) is 4.64. The van der Waals surface area contributed by atoms with Gasteiger partial charge >= 0.3 is 0 Å². The molecule has 106 valence electrons. The number of aliphatic hydroxyl groups is 1. The number of rotatable bonds is 5. The molecular weight excluding hydrogens is 234 g/mol. The number of para-hydroxylation sites is 1. The maximum atomic E-state index is 10.7. The quantitative estimate of drug-likeness (QED) is 0.870. The first kappa shape index (κ1) is 14.4. The van der Waals surface area contributed by atoms with E-state index in [9.17, 15) is 5.11 Å². The molecule has 0 saturated carbocycles. The summed E-state index contributed by atoms with van der Waals surface area (Å²) in [6.45, 7) is 6.41. The Morgan fingerprint density at radius 1 is 1.11 bits per heavy atom. The van der Waals surface area contributed by atoms with E-state index in [0.29, 0.717) is 5.92 Å². The van der Waals surface area contributed by atoms with E-state index >= 15 is 0 Å². The zero-order valence-electron chi connectivity index (χ0n) is 12.3. The summed E-state index contributed by atoms with van der Waals surface area (Å²) in [5, 5.41) is 10.7. The molecule has 1 fully saturated rings. The molecule has 1 aliphatic rings. The Kier molecular flexibility index (Phi) is 4.87. The molecule has 0 aliphatic carbocycles. The highest BCUT2D eigenvalue weighted by Gasteiger charge is 2.33. The van der Waals surface area contributed by atoms with E-state index in [1.807, 2.05) is 0 Å². The van der Waals surface area contributed by atoms with Crippen LogP contribution in [0.3, 0.4) is 0 Å². The fourth-order valence-corrected chi connectivity index (χ4v) is 3.14. The Bertz CT molecular complexity index is 364. The van der Waals surface area contributed by atoms with E-state index in [1.165, 1.54) is 18.5 Å². The van der Waals surface area contributed by atoms with E-state index in [0.717, 1.165) is 32.4 Å². The van der Waals surface area contributed by atoms with Crippen molar-refractivity contribution in [3.8, 4) is 0 Å². The van der Waals surface area contributed by atoms with Crippen LogP contribution in [-0.4, -0.2) is 23.8 Å². The second kappa shape index (κ2) is 6.42. The Morgan fingerprint density at radius 2 is 1.68 bits per heavy atom. The summed E-state index contributed by atoms with van der Waals surface area (Å²) < 4.78 is 0. The zero-order valence-corrected chi connectivity index (χ0v) is 12.3. The van der Waals surface area contributed by atoms with Gasteiger partial charge in [0.2, 0.25) is 0 Å². The maximum Gasteiger partial charge on any atom is 0.0684 e. The third-order valence-electron chi connectivity index (χ3n) is 4.64. The second-order valence-corrected chi connectivity index (χ2v) is 5.93. The van der Waals surface area contributed by atoms with Gasteiger partial charge in [0, 0.05) is 18.8 Å². The summed E-state index contributed by atoms with van der Waals surface area (Å²) >= 11 is 0. The Labute approximate surface area is 117 Å². The molecule has 1 heterocycles. The molecule has 2 heteroatoms. The Morgan fingerprint density at radius 3 is 2.21 bits per heavy atom. The van der Waals surface area contributed by atoms with Crippen molar-refractivity contribution in [2.45, 2.75) is 51.6 Å². The van der Waals surface area contributed by atoms with Crippen molar-refractivity contribution in [2.24, 2.45) is 5.92 Å². The summed E-state index contributed by atoms with van der Waals surface area (Å²) in [6.07, 6.45) is 5.14. The van der Waals surface area contributed by atoms with Crippen LogP contribution in [0, 0.1) is 5.92 Å². The van der Waals surface area contributed by atoms with Crippen LogP contribution in [0.1, 0.15) is 46.0 Å². The number of benzene rings is 1. The lowest BCUT2D eigenvalue weighted by atomic mass is 9.81. The van der Waals surface area contributed by atoms with Gasteiger partial charge in [-0.3, -0.25) is 0 Å². The molecule has 0 unspecified atom stereocenters. The molecule has 1 aromatic carbocycles. The number of piperidine rings is 1. The van der Waals surface area contributed by atoms with Crippen molar-refractivity contribution in [1.29, 1.82) is 0 Å². The van der Waals surface area contributed by atoms with E-state index in [4.69, 9.17) is 0 Å². The van der Waals surface area contributed by atoms with Gasteiger partial charge in [-0.15, -0.1) is 0 Å². The van der Waals surface area contributed by atoms with E-state index in [2.05, 4.69) is 49.1 Å².